The summed E-state index contributed by atoms with van der Waals surface area (Å²) in [6, 6.07) is 5.46. The zero-order chi connectivity index (χ0) is 26.5. The number of thioether (sulfide) groups is 1. The van der Waals surface area contributed by atoms with Crippen molar-refractivity contribution in [1.29, 1.82) is 5.26 Å². The molecule has 5 nitrogen and oxygen atoms in total. The lowest BCUT2D eigenvalue weighted by Crippen LogP contribution is -2.12. The van der Waals surface area contributed by atoms with Crippen molar-refractivity contribution in [3.8, 4) is 17.5 Å². The van der Waals surface area contributed by atoms with E-state index in [2.05, 4.69) is 11.8 Å². The first-order valence-corrected chi connectivity index (χ1v) is 10.9. The van der Waals surface area contributed by atoms with Gasteiger partial charge in [-0.1, -0.05) is 33.0 Å². The molecule has 0 saturated heterocycles. The molecule has 0 spiro atoms. The van der Waals surface area contributed by atoms with Crippen LogP contribution in [0.25, 0.3) is 5.69 Å². The maximum Gasteiger partial charge on any atom is 0.446 e. The van der Waals surface area contributed by atoms with Crippen LogP contribution in [-0.4, -0.2) is 27.1 Å². The largest absolute Gasteiger partial charge is 0.507 e. The van der Waals surface area contributed by atoms with E-state index in [0.717, 1.165) is 9.26 Å². The van der Waals surface area contributed by atoms with Crippen LogP contribution in [0.4, 0.5) is 37.8 Å². The Bertz CT molecular complexity index is 1350. The highest BCUT2D eigenvalue weighted by Gasteiger charge is 2.41. The normalized spacial score (nSPS) is 12.0. The van der Waals surface area contributed by atoms with E-state index in [4.69, 9.17) is 23.2 Å². The van der Waals surface area contributed by atoms with E-state index in [0.29, 0.717) is 23.3 Å². The van der Waals surface area contributed by atoms with Crippen molar-refractivity contribution in [2.45, 2.75) is 30.4 Å². The number of rotatable bonds is 4. The van der Waals surface area contributed by atoms with Crippen molar-refractivity contribution in [3.63, 3.8) is 0 Å². The Hall–Kier alpha value is -2.88. The second-order valence-corrected chi connectivity index (χ2v) is 9.10. The van der Waals surface area contributed by atoms with Crippen molar-refractivity contribution >= 4 is 53.2 Å². The number of benzene rings is 2. The van der Waals surface area contributed by atoms with Gasteiger partial charge in [-0.25, -0.2) is 4.58 Å². The standard InChI is InChI=1S/C21H12Cl2F6N4OS/c1-9-4-12(5-10(2)17(9)34)32(3)19-18(35-21(27,28)29)15(8-30)31-33(19)16-13(22)6-11(7-14(16)23)20(24,25)26/h4-7H,3H2,1-2H3/p+1. The third kappa shape index (κ3) is 5.37. The SMILES string of the molecule is C=[N+](c1cc(C)c(O)c(C)c1)c1c(SC(F)(F)F)c(C#N)nn1-c1c(Cl)cc(C(F)(F)F)cc1Cl. The van der Waals surface area contributed by atoms with Gasteiger partial charge in [-0.3, -0.25) is 0 Å². The Balaban J connectivity index is 2.38. The minimum Gasteiger partial charge on any atom is -0.507 e. The van der Waals surface area contributed by atoms with Crippen molar-refractivity contribution < 1.29 is 31.4 Å². The number of halogens is 8. The van der Waals surface area contributed by atoms with Crippen LogP contribution in [0.1, 0.15) is 22.4 Å². The first-order valence-electron chi connectivity index (χ1n) is 9.31. The molecule has 0 atom stereocenters. The Morgan fingerprint density at radius 2 is 1.57 bits per heavy atom. The number of nitrogens with zero attached hydrogens (tertiary/aromatic N) is 4. The Kier molecular flexibility index (Phi) is 7.09. The van der Waals surface area contributed by atoms with Gasteiger partial charge in [-0.05, 0) is 61.0 Å². The van der Waals surface area contributed by atoms with Crippen LogP contribution in [0.2, 0.25) is 10.0 Å². The van der Waals surface area contributed by atoms with Gasteiger partial charge in [0.05, 0.1) is 22.3 Å². The molecule has 0 radical (unpaired) electrons. The highest BCUT2D eigenvalue weighted by atomic mass is 35.5. The van der Waals surface area contributed by atoms with Gasteiger partial charge in [0.25, 0.3) is 0 Å². The first-order chi connectivity index (χ1) is 16.0. The second-order valence-electron chi connectivity index (χ2n) is 7.22. The van der Waals surface area contributed by atoms with Gasteiger partial charge in [-0.15, -0.1) is 0 Å². The average molecular weight is 554 g/mol. The molecule has 0 fully saturated rings. The molecule has 0 aliphatic rings. The van der Waals surface area contributed by atoms with Crippen LogP contribution in [-0.2, 0) is 6.18 Å². The van der Waals surface area contributed by atoms with Gasteiger partial charge in [0.15, 0.2) is 5.69 Å². The van der Waals surface area contributed by atoms with Gasteiger partial charge >= 0.3 is 17.5 Å². The van der Waals surface area contributed by atoms with Crippen molar-refractivity contribution in [3.05, 3.63) is 56.7 Å². The predicted molar refractivity (Wildman–Crippen MR) is 121 cm³/mol. The molecule has 1 N–H and O–H groups in total. The van der Waals surface area contributed by atoms with Crippen LogP contribution in [0, 0.1) is 25.2 Å². The number of aromatic hydroxyl groups is 1. The molecule has 3 aromatic rings. The number of nitriles is 1. The van der Waals surface area contributed by atoms with Crippen LogP contribution in [0.15, 0.2) is 29.2 Å². The molecule has 0 bridgehead atoms. The molecule has 1 heterocycles. The lowest BCUT2D eigenvalue weighted by Gasteiger charge is -2.13. The number of hydrogen-bond donors (Lipinski definition) is 1. The smallest absolute Gasteiger partial charge is 0.446 e. The average Bonchev–Trinajstić information content (AvgIpc) is 3.05. The molecule has 2 aromatic carbocycles. The number of hydrogen-bond acceptors (Lipinski definition) is 4. The molecular weight excluding hydrogens is 541 g/mol. The monoisotopic (exact) mass is 553 g/mol. The molecule has 1 aromatic heterocycles. The molecule has 0 saturated carbocycles. The van der Waals surface area contributed by atoms with E-state index in [1.54, 1.807) is 19.9 Å². The van der Waals surface area contributed by atoms with E-state index >= 15 is 0 Å². The van der Waals surface area contributed by atoms with Gasteiger partial charge < -0.3 is 5.11 Å². The van der Waals surface area contributed by atoms with Crippen molar-refractivity contribution in [1.82, 2.24) is 14.4 Å². The minimum atomic E-state index is -4.86. The van der Waals surface area contributed by atoms with E-state index in [1.807, 2.05) is 0 Å². The Morgan fingerprint density at radius 3 is 2.00 bits per heavy atom. The maximum absolute atomic E-state index is 13.4. The highest BCUT2D eigenvalue weighted by Crippen LogP contribution is 2.47. The molecule has 0 amide bonds. The molecule has 184 valence electrons. The fourth-order valence-electron chi connectivity index (χ4n) is 3.21. The van der Waals surface area contributed by atoms with E-state index < -0.39 is 55.5 Å². The van der Waals surface area contributed by atoms with Gasteiger partial charge in [-0.2, -0.15) is 31.6 Å². The number of phenols is 1. The third-order valence-electron chi connectivity index (χ3n) is 4.74. The molecule has 3 rings (SSSR count). The summed E-state index contributed by atoms with van der Waals surface area (Å²) in [5.41, 5.74) is -6.19. The highest BCUT2D eigenvalue weighted by molar-refractivity contribution is 8.00. The summed E-state index contributed by atoms with van der Waals surface area (Å²) in [7, 11) is 0. The lowest BCUT2D eigenvalue weighted by atomic mass is 10.1. The topological polar surface area (TPSA) is 64.8 Å². The maximum atomic E-state index is 13.4. The molecular formula is C21H13Cl2F6N4OS+. The molecule has 0 unspecified atom stereocenters. The van der Waals surface area contributed by atoms with Crippen LogP contribution in [0.5, 0.6) is 5.75 Å². The Labute approximate surface area is 208 Å². The van der Waals surface area contributed by atoms with Gasteiger partial charge in [0.1, 0.15) is 22.4 Å². The van der Waals surface area contributed by atoms with Gasteiger partial charge in [0.2, 0.25) is 5.69 Å². The summed E-state index contributed by atoms with van der Waals surface area (Å²) >= 11 is 11.5. The summed E-state index contributed by atoms with van der Waals surface area (Å²) in [5, 5.41) is 22.2. The van der Waals surface area contributed by atoms with E-state index in [9.17, 15) is 36.7 Å². The van der Waals surface area contributed by atoms with Crippen molar-refractivity contribution in [2.75, 3.05) is 0 Å². The molecule has 14 heteroatoms. The third-order valence-corrected chi connectivity index (χ3v) is 6.13. The number of aromatic nitrogens is 2. The van der Waals surface area contributed by atoms with Crippen LogP contribution in [0.3, 0.4) is 0 Å². The summed E-state index contributed by atoms with van der Waals surface area (Å²) in [6.45, 7) is 6.86. The lowest BCUT2D eigenvalue weighted by molar-refractivity contribution is -0.137. The van der Waals surface area contributed by atoms with E-state index in [-0.39, 0.29) is 17.1 Å². The fourth-order valence-corrected chi connectivity index (χ4v) is 4.56. The number of phenolic OH excluding ortho intramolecular Hbond substituents is 1. The second kappa shape index (κ2) is 9.29. The molecule has 35 heavy (non-hydrogen) atoms. The zero-order valence-electron chi connectivity index (χ0n) is 17.7. The summed E-state index contributed by atoms with van der Waals surface area (Å²) in [4.78, 5) is -0.676. The summed E-state index contributed by atoms with van der Waals surface area (Å²) < 4.78 is 81.5. The molecule has 0 aliphatic carbocycles. The number of alkyl halides is 6. The van der Waals surface area contributed by atoms with E-state index in [1.165, 1.54) is 12.1 Å². The van der Waals surface area contributed by atoms with Crippen LogP contribution < -0.4 is 4.58 Å². The summed E-state index contributed by atoms with van der Waals surface area (Å²) in [5.74, 6) is -0.482. The minimum absolute atomic E-state index is 0.0490. The summed E-state index contributed by atoms with van der Waals surface area (Å²) in [6.07, 6.45) is -4.80. The van der Waals surface area contributed by atoms with Crippen LogP contribution >= 0.6 is 35.0 Å². The predicted octanol–water partition coefficient (Wildman–Crippen LogP) is 7.54. The number of aryl methyl sites for hydroxylation is 2. The Morgan fingerprint density at radius 1 is 1.06 bits per heavy atom. The first kappa shape index (κ1) is 26.7. The van der Waals surface area contributed by atoms with Crippen molar-refractivity contribution in [2.24, 2.45) is 0 Å². The quantitative estimate of drug-likeness (QED) is 0.157. The van der Waals surface area contributed by atoms with Gasteiger partial charge in [0, 0.05) is 0 Å². The fraction of sp³-hybridized carbons (Fsp3) is 0.190. The molecule has 0 aliphatic heterocycles. The zero-order valence-corrected chi connectivity index (χ0v) is 20.0.